The first-order valence-electron chi connectivity index (χ1n) is 8.03. The van der Waals surface area contributed by atoms with Crippen LogP contribution in [-0.4, -0.2) is 48.5 Å². The van der Waals surface area contributed by atoms with Gasteiger partial charge in [0.25, 0.3) is 12.3 Å². The highest BCUT2D eigenvalue weighted by atomic mass is 32.1. The van der Waals surface area contributed by atoms with Crippen LogP contribution in [0.2, 0.25) is 0 Å². The fraction of sp³-hybridized carbons (Fsp3) is 0.375. The second-order valence-electron chi connectivity index (χ2n) is 6.59. The highest BCUT2D eigenvalue weighted by Crippen LogP contribution is 2.43. The Morgan fingerprint density at radius 2 is 2.00 bits per heavy atom. The van der Waals surface area contributed by atoms with E-state index >= 15 is 0 Å². The quantitative estimate of drug-likeness (QED) is 0.738. The molecule has 0 unspecified atom stereocenters. The number of alkyl halides is 5. The standard InChI is InChI=1S/C16H10F6N2O4S/c17-9-7(28-16(20,21)22)2-1-6-8(12(18)19)11(29-10(6)9)13(25)24-3-15(4-24)5-27-14(26)23-15/h1-2,12H,3-5H2,(H,23,26). The number of fused-ring (bicyclic) bond motifs is 1. The van der Waals surface area contributed by atoms with Crippen molar-refractivity contribution in [2.45, 2.75) is 18.3 Å². The third-order valence-corrected chi connectivity index (χ3v) is 5.76. The van der Waals surface area contributed by atoms with Crippen LogP contribution in [-0.2, 0) is 4.74 Å². The number of cyclic esters (lactones) is 1. The van der Waals surface area contributed by atoms with Crippen LogP contribution in [0.1, 0.15) is 21.7 Å². The first-order valence-corrected chi connectivity index (χ1v) is 8.84. The third-order valence-electron chi connectivity index (χ3n) is 4.56. The van der Waals surface area contributed by atoms with E-state index in [-0.39, 0.29) is 25.1 Å². The van der Waals surface area contributed by atoms with Gasteiger partial charge in [0.05, 0.1) is 4.70 Å². The lowest BCUT2D eigenvalue weighted by Crippen LogP contribution is -2.69. The maximum Gasteiger partial charge on any atom is 0.573 e. The van der Waals surface area contributed by atoms with Gasteiger partial charge in [0.15, 0.2) is 11.6 Å². The van der Waals surface area contributed by atoms with Gasteiger partial charge in [0.1, 0.15) is 17.0 Å². The topological polar surface area (TPSA) is 67.9 Å². The van der Waals surface area contributed by atoms with Crippen molar-refractivity contribution in [3.05, 3.63) is 28.4 Å². The molecule has 156 valence electrons. The number of benzene rings is 1. The van der Waals surface area contributed by atoms with Gasteiger partial charge < -0.3 is 19.7 Å². The van der Waals surface area contributed by atoms with Crippen LogP contribution in [0.4, 0.5) is 31.1 Å². The van der Waals surface area contributed by atoms with E-state index in [4.69, 9.17) is 4.74 Å². The molecule has 0 bridgehead atoms. The lowest BCUT2D eigenvalue weighted by atomic mass is 9.91. The third kappa shape index (κ3) is 3.32. The summed E-state index contributed by atoms with van der Waals surface area (Å²) in [6, 6.07) is 1.44. The van der Waals surface area contributed by atoms with Gasteiger partial charge in [-0.05, 0) is 12.1 Å². The Kier molecular flexibility index (Phi) is 4.33. The lowest BCUT2D eigenvalue weighted by Gasteiger charge is -2.45. The molecule has 0 atom stereocenters. The lowest BCUT2D eigenvalue weighted by molar-refractivity contribution is -0.275. The Balaban J connectivity index is 1.69. The summed E-state index contributed by atoms with van der Waals surface area (Å²) in [6.45, 7) is 0.00926. The molecule has 2 amide bonds. The summed E-state index contributed by atoms with van der Waals surface area (Å²) in [6.07, 6.45) is -9.00. The number of nitrogens with one attached hydrogen (secondary N) is 1. The highest BCUT2D eigenvalue weighted by Gasteiger charge is 2.52. The van der Waals surface area contributed by atoms with E-state index in [9.17, 15) is 35.9 Å². The van der Waals surface area contributed by atoms with Crippen molar-refractivity contribution >= 4 is 33.4 Å². The van der Waals surface area contributed by atoms with Gasteiger partial charge >= 0.3 is 12.5 Å². The monoisotopic (exact) mass is 440 g/mol. The van der Waals surface area contributed by atoms with Gasteiger partial charge in [0.2, 0.25) is 0 Å². The zero-order valence-corrected chi connectivity index (χ0v) is 14.9. The van der Waals surface area contributed by atoms with Crippen molar-refractivity contribution in [2.24, 2.45) is 0 Å². The molecule has 6 nitrogen and oxygen atoms in total. The van der Waals surface area contributed by atoms with Crippen LogP contribution >= 0.6 is 11.3 Å². The molecule has 13 heteroatoms. The molecule has 2 fully saturated rings. The van der Waals surface area contributed by atoms with E-state index in [1.165, 1.54) is 0 Å². The molecule has 2 aliphatic heterocycles. The molecule has 1 aromatic carbocycles. The number of halogens is 6. The van der Waals surface area contributed by atoms with Gasteiger partial charge in [0, 0.05) is 24.0 Å². The Labute approximate surface area is 162 Å². The summed E-state index contributed by atoms with van der Waals surface area (Å²) in [5.41, 5.74) is -1.56. The van der Waals surface area contributed by atoms with E-state index in [1.54, 1.807) is 0 Å². The van der Waals surface area contributed by atoms with E-state index in [0.29, 0.717) is 17.4 Å². The van der Waals surface area contributed by atoms with Crippen molar-refractivity contribution in [1.29, 1.82) is 0 Å². The minimum absolute atomic E-state index is 0.000582. The van der Waals surface area contributed by atoms with Crippen LogP contribution in [0.25, 0.3) is 10.1 Å². The molecule has 0 saturated carbocycles. The Morgan fingerprint density at radius 3 is 2.55 bits per heavy atom. The molecule has 0 aliphatic carbocycles. The minimum atomic E-state index is -5.17. The summed E-state index contributed by atoms with van der Waals surface area (Å²) < 4.78 is 86.6. The molecule has 3 heterocycles. The highest BCUT2D eigenvalue weighted by molar-refractivity contribution is 7.21. The number of ether oxygens (including phenoxy) is 2. The number of rotatable bonds is 3. The van der Waals surface area contributed by atoms with Gasteiger partial charge in [-0.1, -0.05) is 0 Å². The number of carbonyl (C=O) groups is 2. The average molecular weight is 440 g/mol. The number of nitrogens with zero attached hydrogens (tertiary/aromatic N) is 1. The molecule has 4 rings (SSSR count). The van der Waals surface area contributed by atoms with Crippen LogP contribution in [0.3, 0.4) is 0 Å². The minimum Gasteiger partial charge on any atom is -0.447 e. The van der Waals surface area contributed by atoms with Gasteiger partial charge in [-0.2, -0.15) is 0 Å². The summed E-state index contributed by atoms with van der Waals surface area (Å²) in [5.74, 6) is -3.51. The Morgan fingerprint density at radius 1 is 1.31 bits per heavy atom. The number of hydrogen-bond donors (Lipinski definition) is 1. The van der Waals surface area contributed by atoms with Crippen molar-refractivity contribution in [1.82, 2.24) is 10.2 Å². The molecule has 1 spiro atoms. The molecule has 1 aromatic heterocycles. The fourth-order valence-corrected chi connectivity index (χ4v) is 4.55. The molecule has 0 radical (unpaired) electrons. The zero-order valence-electron chi connectivity index (χ0n) is 14.1. The summed E-state index contributed by atoms with van der Waals surface area (Å²) >= 11 is 0.324. The second-order valence-corrected chi connectivity index (χ2v) is 7.61. The van der Waals surface area contributed by atoms with Crippen molar-refractivity contribution < 1.29 is 45.4 Å². The largest absolute Gasteiger partial charge is 0.573 e. The van der Waals surface area contributed by atoms with Gasteiger partial charge in [-0.25, -0.2) is 18.0 Å². The van der Waals surface area contributed by atoms with Crippen molar-refractivity contribution in [3.8, 4) is 5.75 Å². The zero-order chi connectivity index (χ0) is 21.1. The maximum atomic E-state index is 14.5. The van der Waals surface area contributed by atoms with Crippen LogP contribution in [0.5, 0.6) is 5.75 Å². The molecule has 2 aromatic rings. The molecule has 2 saturated heterocycles. The summed E-state index contributed by atoms with van der Waals surface area (Å²) in [4.78, 5) is 24.5. The van der Waals surface area contributed by atoms with E-state index in [1.807, 2.05) is 0 Å². The Bertz CT molecular complexity index is 1010. The molecular formula is C16H10F6N2O4S. The van der Waals surface area contributed by atoms with Crippen molar-refractivity contribution in [2.75, 3.05) is 19.7 Å². The van der Waals surface area contributed by atoms with Gasteiger partial charge in [-0.3, -0.25) is 4.79 Å². The first kappa shape index (κ1) is 19.6. The number of thiophene rings is 1. The molecule has 1 N–H and O–H groups in total. The number of amides is 2. The predicted octanol–water partition coefficient (Wildman–Crippen LogP) is 3.81. The number of alkyl carbamates (subject to hydrolysis) is 1. The normalized spacial score (nSPS) is 18.2. The van der Waals surface area contributed by atoms with Crippen LogP contribution in [0.15, 0.2) is 12.1 Å². The maximum absolute atomic E-state index is 14.5. The number of hydrogen-bond acceptors (Lipinski definition) is 5. The Hall–Kier alpha value is -2.70. The number of carbonyl (C=O) groups excluding carboxylic acids is 2. The first-order chi connectivity index (χ1) is 13.5. The molecule has 29 heavy (non-hydrogen) atoms. The van der Waals surface area contributed by atoms with Crippen LogP contribution < -0.4 is 10.1 Å². The van der Waals surface area contributed by atoms with E-state index in [0.717, 1.165) is 11.0 Å². The van der Waals surface area contributed by atoms with Gasteiger partial charge in [-0.15, -0.1) is 24.5 Å². The SMILES string of the molecule is O=C1NC2(CO1)CN(C(=O)c1sc3c(F)c(OC(F)(F)F)ccc3c1C(F)F)C2. The van der Waals surface area contributed by atoms with E-state index in [2.05, 4.69) is 10.1 Å². The molecule has 2 aliphatic rings. The summed E-state index contributed by atoms with van der Waals surface area (Å²) in [7, 11) is 0. The predicted molar refractivity (Wildman–Crippen MR) is 86.5 cm³/mol. The smallest absolute Gasteiger partial charge is 0.447 e. The fourth-order valence-electron chi connectivity index (χ4n) is 3.34. The average Bonchev–Trinajstić information content (AvgIpc) is 3.16. The van der Waals surface area contributed by atoms with Crippen LogP contribution in [0, 0.1) is 5.82 Å². The van der Waals surface area contributed by atoms with Crippen molar-refractivity contribution in [3.63, 3.8) is 0 Å². The summed E-state index contributed by atoms with van der Waals surface area (Å²) in [5, 5.41) is 2.15. The number of likely N-dealkylation sites (tertiary alicyclic amines) is 1. The van der Waals surface area contributed by atoms with E-state index < -0.39 is 57.0 Å². The molecular weight excluding hydrogens is 430 g/mol. The second kappa shape index (κ2) is 6.40.